The molecule has 0 saturated carbocycles. The highest BCUT2D eigenvalue weighted by atomic mass is 32.1. The number of tetrazole rings is 1. The number of rotatable bonds is 5. The number of thiophene rings is 1. The van der Waals surface area contributed by atoms with Crippen molar-refractivity contribution in [3.8, 4) is 11.3 Å². The molecule has 0 spiro atoms. The summed E-state index contributed by atoms with van der Waals surface area (Å²) >= 11 is 1.89. The molecule has 1 aliphatic rings. The van der Waals surface area contributed by atoms with E-state index >= 15 is 0 Å². The third kappa shape index (κ3) is 3.49. The Labute approximate surface area is 190 Å². The van der Waals surface area contributed by atoms with Gasteiger partial charge in [0.25, 0.3) is 0 Å². The Morgan fingerprint density at radius 3 is 2.75 bits per heavy atom. The fourth-order valence-electron chi connectivity index (χ4n) is 5.16. The summed E-state index contributed by atoms with van der Waals surface area (Å²) in [6, 6.07) is 2.16. The van der Waals surface area contributed by atoms with Gasteiger partial charge in [-0.05, 0) is 84.8 Å². The van der Waals surface area contributed by atoms with Gasteiger partial charge in [-0.2, -0.15) is 4.52 Å². The van der Waals surface area contributed by atoms with Gasteiger partial charge in [-0.15, -0.1) is 16.4 Å². The van der Waals surface area contributed by atoms with E-state index in [0.29, 0.717) is 18.4 Å². The van der Waals surface area contributed by atoms with Crippen LogP contribution in [-0.4, -0.2) is 55.5 Å². The number of hydrogen-bond acceptors (Lipinski definition) is 6. The fraction of sp³-hybridized carbons (Fsp3) is 0.478. The third-order valence-corrected chi connectivity index (χ3v) is 8.01. The van der Waals surface area contributed by atoms with Crippen molar-refractivity contribution in [3.05, 3.63) is 33.8 Å². The smallest absolute Gasteiger partial charge is 0.231 e. The lowest BCUT2D eigenvalue weighted by Crippen LogP contribution is -2.39. The lowest BCUT2D eigenvalue weighted by atomic mass is 9.90. The molecule has 5 heterocycles. The number of aromatic amines is 1. The van der Waals surface area contributed by atoms with Gasteiger partial charge in [0.05, 0.1) is 12.2 Å². The van der Waals surface area contributed by atoms with E-state index in [4.69, 9.17) is 5.73 Å². The van der Waals surface area contributed by atoms with Crippen LogP contribution < -0.4 is 5.73 Å². The van der Waals surface area contributed by atoms with Gasteiger partial charge in [-0.1, -0.05) is 13.8 Å². The minimum Gasteiger partial charge on any atom is -0.369 e. The first-order valence-corrected chi connectivity index (χ1v) is 12.0. The van der Waals surface area contributed by atoms with E-state index in [2.05, 4.69) is 52.2 Å². The molecule has 5 rings (SSSR count). The molecule has 168 valence electrons. The van der Waals surface area contributed by atoms with E-state index in [1.807, 2.05) is 24.5 Å². The van der Waals surface area contributed by atoms with Gasteiger partial charge in [0, 0.05) is 22.0 Å². The van der Waals surface area contributed by atoms with Crippen molar-refractivity contribution in [2.24, 2.45) is 5.73 Å². The summed E-state index contributed by atoms with van der Waals surface area (Å²) in [4.78, 5) is 19.9. The molecule has 32 heavy (non-hydrogen) atoms. The number of nitrogens with zero attached hydrogens (tertiary/aromatic N) is 5. The Balaban J connectivity index is 1.54. The predicted molar refractivity (Wildman–Crippen MR) is 127 cm³/mol. The summed E-state index contributed by atoms with van der Waals surface area (Å²) < 4.78 is 1.75. The average molecular weight is 452 g/mol. The van der Waals surface area contributed by atoms with Crippen LogP contribution in [0.1, 0.15) is 60.1 Å². The number of pyridine rings is 1. The summed E-state index contributed by atoms with van der Waals surface area (Å²) in [6.07, 6.45) is 4.14. The number of primary amides is 1. The molecule has 1 fully saturated rings. The fourth-order valence-corrected chi connectivity index (χ4v) is 6.56. The number of fused-ring (bicyclic) bond motifs is 2. The molecule has 0 atom stereocenters. The lowest BCUT2D eigenvalue weighted by Gasteiger charge is -2.31. The number of carbonyl (C=O) groups is 1. The number of hydrogen-bond donors (Lipinski definition) is 2. The molecule has 0 bridgehead atoms. The van der Waals surface area contributed by atoms with E-state index in [1.54, 1.807) is 4.52 Å². The highest BCUT2D eigenvalue weighted by molar-refractivity contribution is 7.19. The van der Waals surface area contributed by atoms with Gasteiger partial charge in [-0.25, -0.2) is 0 Å². The van der Waals surface area contributed by atoms with Crippen molar-refractivity contribution < 1.29 is 4.79 Å². The second-order valence-electron chi connectivity index (χ2n) is 9.24. The summed E-state index contributed by atoms with van der Waals surface area (Å²) in [5, 5.41) is 13.4. The van der Waals surface area contributed by atoms with E-state index in [9.17, 15) is 4.79 Å². The number of H-pyrrole nitrogens is 1. The third-order valence-electron chi connectivity index (χ3n) is 6.64. The second kappa shape index (κ2) is 7.97. The second-order valence-corrected chi connectivity index (χ2v) is 10.3. The normalized spacial score (nSPS) is 16.0. The standard InChI is InChI=1S/C23H29N7OS/c1-12(2)18-19-14(4)21(15-5-7-29(8-6-15)11-17(24)31)32-23(19)25-20(18)16-9-13(3)22-26-27-28-30(22)10-16/h9-10,12,15,25H,5-8,11H2,1-4H3,(H2,24,31). The molecular formula is C23H29N7OS. The van der Waals surface area contributed by atoms with Crippen molar-refractivity contribution in [2.75, 3.05) is 19.6 Å². The maximum absolute atomic E-state index is 11.3. The Morgan fingerprint density at radius 2 is 2.06 bits per heavy atom. The molecule has 1 aliphatic heterocycles. The van der Waals surface area contributed by atoms with E-state index in [0.717, 1.165) is 48.4 Å². The number of nitrogens with one attached hydrogen (secondary N) is 1. The molecule has 8 nitrogen and oxygen atoms in total. The molecule has 1 saturated heterocycles. The van der Waals surface area contributed by atoms with Crippen LogP contribution in [0.15, 0.2) is 12.3 Å². The monoisotopic (exact) mass is 451 g/mol. The number of likely N-dealkylation sites (tertiary alicyclic amines) is 1. The van der Waals surface area contributed by atoms with Crippen molar-refractivity contribution in [2.45, 2.75) is 52.4 Å². The van der Waals surface area contributed by atoms with Gasteiger partial charge in [0.2, 0.25) is 5.91 Å². The Kier molecular flexibility index (Phi) is 5.25. The highest BCUT2D eigenvalue weighted by Crippen LogP contribution is 2.45. The summed E-state index contributed by atoms with van der Waals surface area (Å²) in [5.41, 5.74) is 12.2. The summed E-state index contributed by atoms with van der Waals surface area (Å²) in [5.74, 6) is 0.670. The first-order chi connectivity index (χ1) is 15.3. The van der Waals surface area contributed by atoms with Gasteiger partial charge in [0.1, 0.15) is 4.83 Å². The Hall–Kier alpha value is -2.78. The number of carbonyl (C=O) groups excluding carboxylic acids is 1. The number of aromatic nitrogens is 5. The minimum absolute atomic E-state index is 0.242. The van der Waals surface area contributed by atoms with Gasteiger partial charge < -0.3 is 10.7 Å². The first kappa shape index (κ1) is 21.1. The van der Waals surface area contributed by atoms with Gasteiger partial charge >= 0.3 is 0 Å². The molecule has 0 radical (unpaired) electrons. The van der Waals surface area contributed by atoms with Crippen LogP contribution in [0, 0.1) is 13.8 Å². The average Bonchev–Trinajstić information content (AvgIpc) is 3.43. The van der Waals surface area contributed by atoms with Crippen molar-refractivity contribution in [3.63, 3.8) is 0 Å². The van der Waals surface area contributed by atoms with Crippen LogP contribution in [-0.2, 0) is 4.79 Å². The highest BCUT2D eigenvalue weighted by Gasteiger charge is 2.28. The zero-order valence-corrected chi connectivity index (χ0v) is 19.8. The van der Waals surface area contributed by atoms with E-state index in [-0.39, 0.29) is 5.91 Å². The van der Waals surface area contributed by atoms with Crippen LogP contribution in [0.2, 0.25) is 0 Å². The Morgan fingerprint density at radius 1 is 1.31 bits per heavy atom. The largest absolute Gasteiger partial charge is 0.369 e. The minimum atomic E-state index is -0.242. The number of aryl methyl sites for hydroxylation is 2. The number of amides is 1. The SMILES string of the molecule is Cc1c(C2CCN(CC(N)=O)CC2)sc2[nH]c(-c3cc(C)c4nnnn4c3)c(C(C)C)c12. The zero-order valence-electron chi connectivity index (χ0n) is 19.0. The molecule has 9 heteroatoms. The van der Waals surface area contributed by atoms with Crippen LogP contribution >= 0.6 is 11.3 Å². The van der Waals surface area contributed by atoms with Crippen LogP contribution in [0.4, 0.5) is 0 Å². The predicted octanol–water partition coefficient (Wildman–Crippen LogP) is 3.74. The van der Waals surface area contributed by atoms with Crippen LogP contribution in [0.5, 0.6) is 0 Å². The van der Waals surface area contributed by atoms with Crippen molar-refractivity contribution in [1.29, 1.82) is 0 Å². The van der Waals surface area contributed by atoms with Crippen LogP contribution in [0.25, 0.3) is 27.1 Å². The molecule has 4 aromatic heterocycles. The first-order valence-electron chi connectivity index (χ1n) is 11.2. The zero-order chi connectivity index (χ0) is 22.6. The Bertz CT molecular complexity index is 1310. The van der Waals surface area contributed by atoms with E-state index in [1.165, 1.54) is 26.2 Å². The maximum atomic E-state index is 11.3. The van der Waals surface area contributed by atoms with Crippen LogP contribution in [0.3, 0.4) is 0 Å². The van der Waals surface area contributed by atoms with Crippen molar-refractivity contribution >= 4 is 33.1 Å². The molecule has 0 unspecified atom stereocenters. The van der Waals surface area contributed by atoms with Gasteiger partial charge in [-0.3, -0.25) is 9.69 Å². The number of nitrogens with two attached hydrogens (primary N) is 1. The summed E-state index contributed by atoms with van der Waals surface area (Å²) in [6.45, 7) is 11.0. The molecule has 1 amide bonds. The van der Waals surface area contributed by atoms with Crippen molar-refractivity contribution in [1.82, 2.24) is 29.9 Å². The van der Waals surface area contributed by atoms with E-state index < -0.39 is 0 Å². The molecule has 0 aliphatic carbocycles. The number of piperidine rings is 1. The molecule has 4 aromatic rings. The quantitative estimate of drug-likeness (QED) is 0.481. The lowest BCUT2D eigenvalue weighted by molar-refractivity contribution is -0.119. The molecule has 3 N–H and O–H groups in total. The topological polar surface area (TPSA) is 105 Å². The van der Waals surface area contributed by atoms with Gasteiger partial charge in [0.15, 0.2) is 5.65 Å². The summed E-state index contributed by atoms with van der Waals surface area (Å²) in [7, 11) is 0. The molecular weight excluding hydrogens is 422 g/mol. The molecule has 0 aromatic carbocycles. The maximum Gasteiger partial charge on any atom is 0.231 e.